The van der Waals surface area contributed by atoms with Gasteiger partial charge < -0.3 is 10.6 Å². The fourth-order valence-electron chi connectivity index (χ4n) is 5.45. The van der Waals surface area contributed by atoms with E-state index in [2.05, 4.69) is 0 Å². The second-order valence-electron chi connectivity index (χ2n) is 10.7. The molecule has 1 fully saturated rings. The van der Waals surface area contributed by atoms with Crippen molar-refractivity contribution in [3.63, 3.8) is 0 Å². The Morgan fingerprint density at radius 3 is 2.19 bits per heavy atom. The van der Waals surface area contributed by atoms with Crippen molar-refractivity contribution in [2.24, 2.45) is 5.73 Å². The van der Waals surface area contributed by atoms with Crippen molar-refractivity contribution < 1.29 is 17.2 Å². The van der Waals surface area contributed by atoms with Gasteiger partial charge in [0, 0.05) is 30.4 Å². The normalized spacial score (nSPS) is 16.1. The van der Waals surface area contributed by atoms with Crippen molar-refractivity contribution in [2.75, 3.05) is 18.0 Å². The van der Waals surface area contributed by atoms with Crippen LogP contribution < -0.4 is 21.9 Å². The maximum atomic E-state index is 14.7. The Morgan fingerprint density at radius 1 is 0.905 bits per heavy atom. The maximum absolute atomic E-state index is 14.7. The third kappa shape index (κ3) is 5.54. The van der Waals surface area contributed by atoms with Crippen LogP contribution in [0.2, 0.25) is 0 Å². The first-order chi connectivity index (χ1) is 20.0. The average molecular weight is 595 g/mol. The van der Waals surface area contributed by atoms with Gasteiger partial charge in [-0.05, 0) is 50.1 Å². The van der Waals surface area contributed by atoms with Crippen LogP contribution in [0.15, 0.2) is 87.3 Å². The van der Waals surface area contributed by atoms with E-state index in [1.807, 2.05) is 13.0 Å². The van der Waals surface area contributed by atoms with Gasteiger partial charge in [0.1, 0.15) is 17.3 Å². The number of hydrogen-bond acceptors (Lipinski definition) is 6. The van der Waals surface area contributed by atoms with E-state index in [1.54, 1.807) is 53.4 Å². The summed E-state index contributed by atoms with van der Waals surface area (Å²) in [6.07, 6.45) is 0.264. The minimum atomic E-state index is -3.70. The summed E-state index contributed by atoms with van der Waals surface area (Å²) in [4.78, 5) is 29.5. The van der Waals surface area contributed by atoms with Gasteiger partial charge in [0.05, 0.1) is 23.2 Å². The Hall–Kier alpha value is -4.09. The molecule has 2 atom stereocenters. The van der Waals surface area contributed by atoms with Crippen LogP contribution in [-0.4, -0.2) is 35.9 Å². The number of nitrogens with two attached hydrogens (primary N) is 1. The molecule has 0 bridgehead atoms. The number of aromatic nitrogens is 2. The van der Waals surface area contributed by atoms with Gasteiger partial charge in [-0.2, -0.15) is 0 Å². The van der Waals surface area contributed by atoms with E-state index < -0.39 is 50.6 Å². The highest BCUT2D eigenvalue weighted by Gasteiger charge is 2.36. The number of sulfone groups is 1. The molecule has 2 N–H and O–H groups in total. The van der Waals surface area contributed by atoms with Crippen molar-refractivity contribution in [2.45, 2.75) is 49.5 Å². The largest absolute Gasteiger partial charge is 0.364 e. The molecule has 5 rings (SSSR count). The lowest BCUT2D eigenvalue weighted by molar-refractivity contribution is 0.491. The third-order valence-corrected chi connectivity index (χ3v) is 10.1. The molecule has 1 aromatic heterocycles. The highest BCUT2D eigenvalue weighted by atomic mass is 32.2. The standard InChI is InChI=1S/C31H32F2N4O4S/c1-20-11-13-23(14-12-20)42(40,41)24-15-16-35(17-24)29-21(2)36(18-25-26(32)9-6-10-27(25)33)31(39)37(30(29)38)19-28(34)22-7-4-3-5-8-22/h3-14,24,28H,15-19,34H2,1-2H3/t24?,28-/m1/s1. The molecule has 4 aromatic rings. The zero-order chi connectivity index (χ0) is 30.2. The van der Waals surface area contributed by atoms with Crippen LogP contribution >= 0.6 is 0 Å². The number of nitrogens with zero attached hydrogens (tertiary/aromatic N) is 3. The Labute approximate surface area is 242 Å². The van der Waals surface area contributed by atoms with Gasteiger partial charge in [-0.25, -0.2) is 22.0 Å². The number of rotatable bonds is 8. The van der Waals surface area contributed by atoms with Crippen molar-refractivity contribution in [1.29, 1.82) is 0 Å². The van der Waals surface area contributed by atoms with Crippen LogP contribution in [-0.2, 0) is 22.9 Å². The molecule has 0 aliphatic carbocycles. The van der Waals surface area contributed by atoms with E-state index in [9.17, 15) is 26.8 Å². The van der Waals surface area contributed by atoms with Crippen LogP contribution in [0.25, 0.3) is 0 Å². The number of hydrogen-bond donors (Lipinski definition) is 1. The van der Waals surface area contributed by atoms with E-state index >= 15 is 0 Å². The van der Waals surface area contributed by atoms with Gasteiger partial charge in [-0.3, -0.25) is 13.9 Å². The maximum Gasteiger partial charge on any atom is 0.331 e. The molecule has 2 heterocycles. The number of benzene rings is 3. The van der Waals surface area contributed by atoms with E-state index in [-0.39, 0.29) is 47.9 Å². The Kier molecular flexibility index (Phi) is 8.16. The summed E-state index contributed by atoms with van der Waals surface area (Å²) in [5.74, 6) is -1.65. The van der Waals surface area contributed by atoms with Gasteiger partial charge in [-0.1, -0.05) is 54.1 Å². The monoisotopic (exact) mass is 594 g/mol. The summed E-state index contributed by atoms with van der Waals surface area (Å²) in [5.41, 5.74) is 6.58. The lowest BCUT2D eigenvalue weighted by atomic mass is 10.1. The number of aryl methyl sites for hydroxylation is 1. The molecular weight excluding hydrogens is 562 g/mol. The molecule has 0 spiro atoms. The lowest BCUT2D eigenvalue weighted by Crippen LogP contribution is -2.46. The summed E-state index contributed by atoms with van der Waals surface area (Å²) < 4.78 is 58.3. The van der Waals surface area contributed by atoms with Gasteiger partial charge >= 0.3 is 5.69 Å². The molecule has 1 saturated heterocycles. The topological polar surface area (TPSA) is 107 Å². The molecule has 3 aromatic carbocycles. The molecule has 1 unspecified atom stereocenters. The fraction of sp³-hybridized carbons (Fsp3) is 0.290. The van der Waals surface area contributed by atoms with Crippen LogP contribution in [0.4, 0.5) is 14.5 Å². The van der Waals surface area contributed by atoms with E-state index in [1.165, 1.54) is 13.0 Å². The van der Waals surface area contributed by atoms with Crippen LogP contribution in [0.3, 0.4) is 0 Å². The minimum absolute atomic E-state index is 0.0172. The Balaban J connectivity index is 1.59. The van der Waals surface area contributed by atoms with Crippen molar-refractivity contribution >= 4 is 15.5 Å². The predicted molar refractivity (Wildman–Crippen MR) is 158 cm³/mol. The molecule has 220 valence electrons. The van der Waals surface area contributed by atoms with Gasteiger partial charge in [0.25, 0.3) is 5.56 Å². The second kappa shape index (κ2) is 11.7. The summed E-state index contributed by atoms with van der Waals surface area (Å²) in [5, 5.41) is -0.788. The molecule has 11 heteroatoms. The molecule has 0 amide bonds. The molecule has 1 aliphatic heterocycles. The zero-order valence-corrected chi connectivity index (χ0v) is 24.2. The highest BCUT2D eigenvalue weighted by molar-refractivity contribution is 7.92. The number of anilines is 1. The summed E-state index contributed by atoms with van der Waals surface area (Å²) in [6.45, 7) is 3.00. The van der Waals surface area contributed by atoms with E-state index in [0.717, 1.165) is 26.8 Å². The summed E-state index contributed by atoms with van der Waals surface area (Å²) in [6, 6.07) is 18.3. The SMILES string of the molecule is Cc1ccc(S(=O)(=O)C2CCN(c3c(C)n(Cc4c(F)cccc4F)c(=O)n(C[C@@H](N)c4ccccc4)c3=O)C2)cc1. The van der Waals surface area contributed by atoms with Gasteiger partial charge in [-0.15, -0.1) is 0 Å². The first-order valence-electron chi connectivity index (χ1n) is 13.6. The number of halogens is 2. The van der Waals surface area contributed by atoms with Crippen LogP contribution in [0.5, 0.6) is 0 Å². The first-order valence-corrected chi connectivity index (χ1v) is 15.2. The molecule has 1 aliphatic rings. The van der Waals surface area contributed by atoms with Gasteiger partial charge in [0.2, 0.25) is 0 Å². The van der Waals surface area contributed by atoms with Crippen molar-refractivity contribution in [1.82, 2.24) is 9.13 Å². The summed E-state index contributed by atoms with van der Waals surface area (Å²) in [7, 11) is -3.70. The third-order valence-electron chi connectivity index (χ3n) is 7.89. The smallest absolute Gasteiger partial charge is 0.331 e. The Morgan fingerprint density at radius 2 is 1.55 bits per heavy atom. The summed E-state index contributed by atoms with van der Waals surface area (Å²) >= 11 is 0. The molecular formula is C31H32F2N4O4S. The highest BCUT2D eigenvalue weighted by Crippen LogP contribution is 2.28. The quantitative estimate of drug-likeness (QED) is 0.334. The lowest BCUT2D eigenvalue weighted by Gasteiger charge is -2.25. The van der Waals surface area contributed by atoms with Crippen molar-refractivity contribution in [3.05, 3.63) is 128 Å². The average Bonchev–Trinajstić information content (AvgIpc) is 3.46. The van der Waals surface area contributed by atoms with E-state index in [0.29, 0.717) is 5.56 Å². The van der Waals surface area contributed by atoms with Crippen LogP contribution in [0, 0.1) is 25.5 Å². The molecule has 42 heavy (non-hydrogen) atoms. The molecule has 8 nitrogen and oxygen atoms in total. The van der Waals surface area contributed by atoms with E-state index in [4.69, 9.17) is 5.73 Å². The Bertz CT molecular complexity index is 1820. The first kappa shape index (κ1) is 29.4. The van der Waals surface area contributed by atoms with Crippen molar-refractivity contribution in [3.8, 4) is 0 Å². The molecule has 0 saturated carbocycles. The van der Waals surface area contributed by atoms with Crippen LogP contribution in [0.1, 0.15) is 34.8 Å². The zero-order valence-electron chi connectivity index (χ0n) is 23.3. The van der Waals surface area contributed by atoms with Gasteiger partial charge in [0.15, 0.2) is 9.84 Å². The predicted octanol–water partition coefficient (Wildman–Crippen LogP) is 3.71. The molecule has 0 radical (unpaired) electrons. The second-order valence-corrected chi connectivity index (χ2v) is 12.9. The fourth-order valence-corrected chi connectivity index (χ4v) is 7.14. The minimum Gasteiger partial charge on any atom is -0.364 e.